The molecule has 2 rings (SSSR count). The number of benzene rings is 1. The van der Waals surface area contributed by atoms with Crippen molar-refractivity contribution >= 4 is 28.1 Å². The summed E-state index contributed by atoms with van der Waals surface area (Å²) in [4.78, 5) is 12.3. The number of carbonyl (C=O) groups excluding carboxylic acids is 1. The summed E-state index contributed by atoms with van der Waals surface area (Å²) < 4.78 is 0. The Morgan fingerprint density at radius 3 is 2.67 bits per heavy atom. The maximum absolute atomic E-state index is 12.3. The molecule has 1 heterocycles. The molecule has 0 bridgehead atoms. The van der Waals surface area contributed by atoms with E-state index in [0.717, 1.165) is 22.7 Å². The van der Waals surface area contributed by atoms with E-state index in [4.69, 9.17) is 0 Å². The minimum atomic E-state index is -0.292. The van der Waals surface area contributed by atoms with Gasteiger partial charge in [-0.05, 0) is 31.4 Å². The van der Waals surface area contributed by atoms with Crippen LogP contribution in [-0.2, 0) is 11.2 Å². The fourth-order valence-electron chi connectivity index (χ4n) is 1.92. The normalized spacial score (nSPS) is 12.0. The molecule has 0 saturated carbocycles. The molecule has 1 atom stereocenters. The van der Waals surface area contributed by atoms with Crippen LogP contribution >= 0.6 is 11.3 Å². The van der Waals surface area contributed by atoms with E-state index in [2.05, 4.69) is 20.8 Å². The SMILES string of the molecule is CCc1nnc(NC(=O)[C@@H](CC)Nc2ccccc2C)s1. The first-order valence-electron chi connectivity index (χ1n) is 7.09. The van der Waals surface area contributed by atoms with Crippen molar-refractivity contribution < 1.29 is 4.79 Å². The Kier molecular flexibility index (Phi) is 5.27. The Balaban J connectivity index is 2.03. The second-order valence-electron chi connectivity index (χ2n) is 4.76. The first kappa shape index (κ1) is 15.4. The number of aryl methyl sites for hydroxylation is 2. The fourth-order valence-corrected chi connectivity index (χ4v) is 2.60. The van der Waals surface area contributed by atoms with Crippen LogP contribution in [0.15, 0.2) is 24.3 Å². The van der Waals surface area contributed by atoms with Crippen LogP contribution in [0, 0.1) is 6.92 Å². The predicted octanol–water partition coefficient (Wildman–Crippen LogP) is 3.24. The van der Waals surface area contributed by atoms with Crippen molar-refractivity contribution in [3.63, 3.8) is 0 Å². The number of hydrogen-bond acceptors (Lipinski definition) is 5. The lowest BCUT2D eigenvalue weighted by Gasteiger charge is -2.18. The molecule has 0 fully saturated rings. The molecule has 0 radical (unpaired) electrons. The summed E-state index contributed by atoms with van der Waals surface area (Å²) in [5.41, 5.74) is 2.10. The van der Waals surface area contributed by atoms with Crippen molar-refractivity contribution in [2.75, 3.05) is 10.6 Å². The Morgan fingerprint density at radius 2 is 2.05 bits per heavy atom. The van der Waals surface area contributed by atoms with Gasteiger partial charge in [0.1, 0.15) is 11.0 Å². The molecule has 0 aliphatic heterocycles. The van der Waals surface area contributed by atoms with Crippen molar-refractivity contribution in [2.24, 2.45) is 0 Å². The molecule has 2 aromatic rings. The van der Waals surface area contributed by atoms with Crippen LogP contribution in [-0.4, -0.2) is 22.1 Å². The predicted molar refractivity (Wildman–Crippen MR) is 86.8 cm³/mol. The van der Waals surface area contributed by atoms with E-state index in [1.165, 1.54) is 11.3 Å². The van der Waals surface area contributed by atoms with Crippen LogP contribution in [0.1, 0.15) is 30.8 Å². The van der Waals surface area contributed by atoms with Gasteiger partial charge < -0.3 is 5.32 Å². The number of amides is 1. The summed E-state index contributed by atoms with van der Waals surface area (Å²) in [6.07, 6.45) is 1.52. The summed E-state index contributed by atoms with van der Waals surface area (Å²) in [7, 11) is 0. The molecule has 0 aliphatic rings. The van der Waals surface area contributed by atoms with E-state index in [1.54, 1.807) is 0 Å². The van der Waals surface area contributed by atoms with Crippen molar-refractivity contribution in [1.29, 1.82) is 0 Å². The molecule has 0 spiro atoms. The van der Waals surface area contributed by atoms with E-state index < -0.39 is 0 Å². The third-order valence-corrected chi connectivity index (χ3v) is 4.18. The van der Waals surface area contributed by atoms with Crippen LogP contribution < -0.4 is 10.6 Å². The smallest absolute Gasteiger partial charge is 0.248 e. The number of nitrogens with zero attached hydrogens (tertiary/aromatic N) is 2. The molecule has 2 N–H and O–H groups in total. The topological polar surface area (TPSA) is 66.9 Å². The monoisotopic (exact) mass is 304 g/mol. The molecular weight excluding hydrogens is 284 g/mol. The van der Waals surface area contributed by atoms with Gasteiger partial charge in [0.05, 0.1) is 0 Å². The quantitative estimate of drug-likeness (QED) is 0.860. The second kappa shape index (κ2) is 7.17. The highest BCUT2D eigenvalue weighted by Gasteiger charge is 2.18. The van der Waals surface area contributed by atoms with Gasteiger partial charge in [0.15, 0.2) is 0 Å². The molecule has 6 heteroatoms. The maximum atomic E-state index is 12.3. The average Bonchev–Trinajstić information content (AvgIpc) is 2.94. The molecule has 1 aromatic heterocycles. The van der Waals surface area contributed by atoms with Crippen LogP contribution in [0.3, 0.4) is 0 Å². The molecule has 0 saturated heterocycles. The van der Waals surface area contributed by atoms with Crippen molar-refractivity contribution in [3.05, 3.63) is 34.8 Å². The number of nitrogens with one attached hydrogen (secondary N) is 2. The van der Waals surface area contributed by atoms with E-state index in [-0.39, 0.29) is 11.9 Å². The van der Waals surface area contributed by atoms with Crippen molar-refractivity contribution in [1.82, 2.24) is 10.2 Å². The Hall–Kier alpha value is -1.95. The highest BCUT2D eigenvalue weighted by atomic mass is 32.1. The Bertz CT molecular complexity index is 611. The lowest BCUT2D eigenvalue weighted by molar-refractivity contribution is -0.117. The standard InChI is InChI=1S/C15H20N4OS/c1-4-11(16-12-9-7-6-8-10(12)3)14(20)17-15-19-18-13(5-2)21-15/h6-9,11,16H,4-5H2,1-3H3,(H,17,19,20)/t11-/m1/s1. The zero-order valence-electron chi connectivity index (χ0n) is 12.5. The van der Waals surface area contributed by atoms with Gasteiger partial charge in [-0.3, -0.25) is 10.1 Å². The Morgan fingerprint density at radius 1 is 1.29 bits per heavy atom. The van der Waals surface area contributed by atoms with E-state index in [0.29, 0.717) is 11.6 Å². The number of carbonyl (C=O) groups is 1. The van der Waals surface area contributed by atoms with Gasteiger partial charge in [0.25, 0.3) is 0 Å². The number of hydrogen-bond donors (Lipinski definition) is 2. The lowest BCUT2D eigenvalue weighted by Crippen LogP contribution is -2.34. The minimum Gasteiger partial charge on any atom is -0.373 e. The zero-order valence-corrected chi connectivity index (χ0v) is 13.3. The van der Waals surface area contributed by atoms with Gasteiger partial charge in [-0.15, -0.1) is 10.2 Å². The molecule has 1 amide bonds. The highest BCUT2D eigenvalue weighted by Crippen LogP contribution is 2.18. The first-order valence-corrected chi connectivity index (χ1v) is 7.91. The van der Waals surface area contributed by atoms with Crippen LogP contribution in [0.4, 0.5) is 10.8 Å². The molecular formula is C15H20N4OS. The third-order valence-electron chi connectivity index (χ3n) is 3.20. The molecule has 5 nitrogen and oxygen atoms in total. The van der Waals surface area contributed by atoms with Gasteiger partial charge >= 0.3 is 0 Å². The van der Waals surface area contributed by atoms with Crippen LogP contribution in [0.25, 0.3) is 0 Å². The average molecular weight is 304 g/mol. The van der Waals surface area contributed by atoms with E-state index in [1.807, 2.05) is 45.0 Å². The minimum absolute atomic E-state index is 0.0837. The largest absolute Gasteiger partial charge is 0.373 e. The first-order chi connectivity index (χ1) is 10.1. The number of para-hydroxylation sites is 1. The third kappa shape index (κ3) is 4.01. The second-order valence-corrected chi connectivity index (χ2v) is 5.83. The molecule has 1 aromatic carbocycles. The maximum Gasteiger partial charge on any atom is 0.248 e. The van der Waals surface area contributed by atoms with Gasteiger partial charge in [0, 0.05) is 5.69 Å². The lowest BCUT2D eigenvalue weighted by atomic mass is 10.1. The van der Waals surface area contributed by atoms with E-state index >= 15 is 0 Å². The summed E-state index contributed by atoms with van der Waals surface area (Å²) in [6.45, 7) is 6.01. The summed E-state index contributed by atoms with van der Waals surface area (Å²) in [5, 5.41) is 15.6. The van der Waals surface area contributed by atoms with Gasteiger partial charge in [-0.25, -0.2) is 0 Å². The number of anilines is 2. The highest BCUT2D eigenvalue weighted by molar-refractivity contribution is 7.15. The molecule has 21 heavy (non-hydrogen) atoms. The summed E-state index contributed by atoms with van der Waals surface area (Å²) in [6, 6.07) is 7.64. The zero-order chi connectivity index (χ0) is 15.2. The van der Waals surface area contributed by atoms with Crippen molar-refractivity contribution in [3.8, 4) is 0 Å². The summed E-state index contributed by atoms with van der Waals surface area (Å²) >= 11 is 1.42. The molecule has 0 unspecified atom stereocenters. The Labute approximate surface area is 128 Å². The summed E-state index contributed by atoms with van der Waals surface area (Å²) in [5.74, 6) is -0.0837. The van der Waals surface area contributed by atoms with E-state index in [9.17, 15) is 4.79 Å². The van der Waals surface area contributed by atoms with Crippen LogP contribution in [0.5, 0.6) is 0 Å². The number of aromatic nitrogens is 2. The van der Waals surface area contributed by atoms with Crippen LogP contribution in [0.2, 0.25) is 0 Å². The van der Waals surface area contributed by atoms with Crippen molar-refractivity contribution in [2.45, 2.75) is 39.7 Å². The van der Waals surface area contributed by atoms with Gasteiger partial charge in [0.2, 0.25) is 11.0 Å². The van der Waals surface area contributed by atoms with Gasteiger partial charge in [-0.1, -0.05) is 43.4 Å². The van der Waals surface area contributed by atoms with Gasteiger partial charge in [-0.2, -0.15) is 0 Å². The molecule has 112 valence electrons. The number of rotatable bonds is 6. The molecule has 0 aliphatic carbocycles. The fraction of sp³-hybridized carbons (Fsp3) is 0.400.